The number of aromatic hydroxyl groups is 1. The van der Waals surface area contributed by atoms with Crippen molar-refractivity contribution in [2.45, 2.75) is 40.8 Å². The average molecular weight is 1000 g/mol. The number of rotatable bonds is 11. The molecule has 0 saturated carbocycles. The van der Waals surface area contributed by atoms with Gasteiger partial charge >= 0.3 is 7.12 Å². The van der Waals surface area contributed by atoms with E-state index in [4.69, 9.17) is 14.8 Å². The van der Waals surface area contributed by atoms with Gasteiger partial charge in [0.05, 0.1) is 51.8 Å². The minimum atomic E-state index is -1.51. The number of pyridine rings is 2. The third-order valence-corrected chi connectivity index (χ3v) is 12.4. The number of carbonyl (C=O) groups excluding carboxylic acids is 4. The second-order valence-corrected chi connectivity index (χ2v) is 17.8. The Kier molecular flexibility index (Phi) is 16.3. The number of hydrogen-bond acceptors (Lipinski definition) is 12. The molecule has 0 aliphatic rings. The molecule has 0 aliphatic heterocycles. The molecule has 0 radical (unpaired) electrons. The fourth-order valence-corrected chi connectivity index (χ4v) is 9.68. The number of aromatic nitrogens is 2. The van der Waals surface area contributed by atoms with Crippen molar-refractivity contribution in [3.63, 3.8) is 0 Å². The zero-order chi connectivity index (χ0) is 48.5. The molecule has 18 heteroatoms. The number of amides is 2. The molecule has 0 atom stereocenters. The first-order chi connectivity index (χ1) is 32.0. The van der Waals surface area contributed by atoms with Crippen LogP contribution >= 0.6 is 38.6 Å². The normalized spacial score (nSPS) is 10.6. The molecule has 342 valence electrons. The molecule has 4 aromatic carbocycles. The van der Waals surface area contributed by atoms with Crippen LogP contribution < -0.4 is 32.0 Å². The van der Waals surface area contributed by atoms with Crippen LogP contribution in [-0.4, -0.2) is 61.9 Å². The summed E-state index contributed by atoms with van der Waals surface area (Å²) in [5.74, 6) is -1.22. The predicted molar refractivity (Wildman–Crippen MR) is 269 cm³/mol. The van der Waals surface area contributed by atoms with Crippen molar-refractivity contribution in [1.82, 2.24) is 9.13 Å². The predicted octanol–water partition coefficient (Wildman–Crippen LogP) is 8.05. The Morgan fingerprint density at radius 3 is 1.67 bits per heavy atom. The first kappa shape index (κ1) is 49.5. The molecule has 5 N–H and O–H groups in total. The Labute approximate surface area is 401 Å². The number of halogens is 1. The van der Waals surface area contributed by atoms with E-state index in [-0.39, 0.29) is 40.3 Å². The van der Waals surface area contributed by atoms with Crippen LogP contribution in [0.25, 0.3) is 31.6 Å². The molecule has 0 unspecified atom stereocenters. The Bertz CT molecular complexity index is 3290. The molecule has 8 aromatic rings. The maximum absolute atomic E-state index is 13.2. The molecule has 0 spiro atoms. The SMILES string of the molecule is CC(=O)Nc1cccc(B(O)O)c1.CC(=O)c1c(O)c(=O)n(Cc2cccc(Br)c2)c2ccsc12.COc1c(C(C)=O)c2sccc2n(Cc2cccc(-c3cccc(NC(C)=O)c3)c2)c1=O. The number of ether oxygens (including phenoxy) is 1. The van der Waals surface area contributed by atoms with Gasteiger partial charge in [0.2, 0.25) is 11.8 Å². The van der Waals surface area contributed by atoms with E-state index >= 15 is 0 Å². The van der Waals surface area contributed by atoms with Gasteiger partial charge in [-0.25, -0.2) is 0 Å². The highest BCUT2D eigenvalue weighted by Gasteiger charge is 2.23. The number of benzene rings is 4. The van der Waals surface area contributed by atoms with Gasteiger partial charge in [-0.15, -0.1) is 22.7 Å². The van der Waals surface area contributed by atoms with Crippen LogP contribution in [0.15, 0.2) is 134 Å². The molecule has 8 rings (SSSR count). The number of anilines is 2. The topological polar surface area (TPSA) is 206 Å². The number of fused-ring (bicyclic) bond motifs is 2. The third kappa shape index (κ3) is 11.9. The quantitative estimate of drug-likeness (QED) is 0.0623. The van der Waals surface area contributed by atoms with Crippen molar-refractivity contribution >= 4 is 106 Å². The van der Waals surface area contributed by atoms with Crippen LogP contribution in [-0.2, 0) is 22.7 Å². The van der Waals surface area contributed by atoms with Crippen molar-refractivity contribution in [2.75, 3.05) is 17.7 Å². The Morgan fingerprint density at radius 2 is 1.13 bits per heavy atom. The van der Waals surface area contributed by atoms with Crippen LogP contribution in [0.5, 0.6) is 11.5 Å². The number of carbonyl (C=O) groups is 4. The Morgan fingerprint density at radius 1 is 0.642 bits per heavy atom. The lowest BCUT2D eigenvalue weighted by Gasteiger charge is -2.14. The number of methoxy groups -OCH3 is 1. The fourth-order valence-electron chi connectivity index (χ4n) is 7.26. The van der Waals surface area contributed by atoms with E-state index < -0.39 is 18.4 Å². The van der Waals surface area contributed by atoms with Gasteiger partial charge in [0, 0.05) is 29.7 Å². The van der Waals surface area contributed by atoms with Crippen molar-refractivity contribution in [2.24, 2.45) is 0 Å². The van der Waals surface area contributed by atoms with Crippen molar-refractivity contribution in [3.8, 4) is 22.6 Å². The summed E-state index contributed by atoms with van der Waals surface area (Å²) < 4.78 is 10.8. The summed E-state index contributed by atoms with van der Waals surface area (Å²) in [5.41, 5.74) is 6.36. The molecule has 0 fully saturated rings. The summed E-state index contributed by atoms with van der Waals surface area (Å²) in [6.45, 7) is 6.33. The highest BCUT2D eigenvalue weighted by atomic mass is 79.9. The van der Waals surface area contributed by atoms with Gasteiger partial charge < -0.3 is 30.5 Å². The molecular weight excluding hydrogens is 959 g/mol. The van der Waals surface area contributed by atoms with Gasteiger partial charge in [0.25, 0.3) is 11.1 Å². The summed E-state index contributed by atoms with van der Waals surface area (Å²) in [5, 5.41) is 36.8. The summed E-state index contributed by atoms with van der Waals surface area (Å²) in [7, 11) is -0.0935. The number of hydrogen-bond donors (Lipinski definition) is 5. The van der Waals surface area contributed by atoms with Crippen LogP contribution in [0, 0.1) is 0 Å². The smallest absolute Gasteiger partial charge is 0.488 e. The van der Waals surface area contributed by atoms with Crippen LogP contribution in [0.4, 0.5) is 11.4 Å². The highest BCUT2D eigenvalue weighted by Crippen LogP contribution is 2.32. The first-order valence-corrected chi connectivity index (χ1v) is 23.0. The number of ketones is 2. The van der Waals surface area contributed by atoms with Gasteiger partial charge in [0.1, 0.15) is 0 Å². The Hall–Kier alpha value is -6.96. The Balaban J connectivity index is 0.000000182. The standard InChI is InChI=1S/C25H22N2O4S.C16H12BrNO3S.C8H10BNO3/c1-15(28)22-23(31-3)25(30)27(21-10-11-32-24(21)22)14-17-6-4-7-18(12-17)19-8-5-9-20(13-19)26-16(2)29;1-9(19)13-14(20)16(21)18(12-5-6-22-15(12)13)8-10-3-2-4-11(17)7-10;1-6(11)10-8-4-2-3-7(5-8)9(12)13/h4-13H,14H2,1-3H3,(H,26,29);2-7,20H,8H2,1H3;2-5,12-13H,1H3,(H,10,11). The summed E-state index contributed by atoms with van der Waals surface area (Å²) in [6, 6.07) is 33.2. The first-order valence-electron chi connectivity index (χ1n) is 20.4. The third-order valence-electron chi connectivity index (χ3n) is 10.1. The van der Waals surface area contributed by atoms with E-state index in [1.165, 1.54) is 68.1 Å². The van der Waals surface area contributed by atoms with Gasteiger partial charge in [-0.2, -0.15) is 0 Å². The highest BCUT2D eigenvalue weighted by molar-refractivity contribution is 9.10. The molecule has 2 amide bonds. The maximum Gasteiger partial charge on any atom is 0.488 e. The fraction of sp³-hybridized carbons (Fsp3) is 0.143. The second-order valence-electron chi connectivity index (χ2n) is 15.1. The van der Waals surface area contributed by atoms with E-state index in [0.29, 0.717) is 45.5 Å². The van der Waals surface area contributed by atoms with Crippen LogP contribution in [0.1, 0.15) is 59.5 Å². The van der Waals surface area contributed by atoms with E-state index in [1.807, 2.05) is 89.6 Å². The molecule has 67 heavy (non-hydrogen) atoms. The molecule has 0 bridgehead atoms. The average Bonchev–Trinajstić information content (AvgIpc) is 3.97. The van der Waals surface area contributed by atoms with Crippen molar-refractivity contribution in [1.29, 1.82) is 0 Å². The minimum absolute atomic E-state index is 0.0756. The number of nitrogens with one attached hydrogen (secondary N) is 2. The second kappa shape index (κ2) is 22.0. The zero-order valence-electron chi connectivity index (χ0n) is 36.8. The van der Waals surface area contributed by atoms with E-state index in [9.17, 15) is 33.9 Å². The monoisotopic (exact) mass is 1000 g/mol. The molecule has 4 aromatic heterocycles. The number of Topliss-reactive ketones (excluding diaryl/α,β-unsaturated/α-hetero) is 2. The van der Waals surface area contributed by atoms with Gasteiger partial charge in [-0.05, 0) is 107 Å². The lowest BCUT2D eigenvalue weighted by Crippen LogP contribution is -2.29. The van der Waals surface area contributed by atoms with Gasteiger partial charge in [0.15, 0.2) is 23.1 Å². The lowest BCUT2D eigenvalue weighted by molar-refractivity contribution is -0.115. The van der Waals surface area contributed by atoms with E-state index in [1.54, 1.807) is 28.8 Å². The summed E-state index contributed by atoms with van der Waals surface area (Å²) in [6.07, 6.45) is 0. The van der Waals surface area contributed by atoms with Crippen LogP contribution in [0.3, 0.4) is 0 Å². The largest absolute Gasteiger partial charge is 0.502 e. The molecule has 4 heterocycles. The van der Waals surface area contributed by atoms with Crippen molar-refractivity contribution in [3.05, 3.63) is 167 Å². The number of thiophene rings is 2. The van der Waals surface area contributed by atoms with Gasteiger partial charge in [-0.3, -0.25) is 37.9 Å². The van der Waals surface area contributed by atoms with E-state index in [0.717, 1.165) is 37.1 Å². The molecule has 0 saturated heterocycles. The zero-order valence-corrected chi connectivity index (χ0v) is 40.0. The lowest BCUT2D eigenvalue weighted by atomic mass is 9.80. The van der Waals surface area contributed by atoms with Crippen LogP contribution in [0.2, 0.25) is 0 Å². The molecular formula is C49H44BBrN4O10S2. The summed E-state index contributed by atoms with van der Waals surface area (Å²) >= 11 is 6.16. The summed E-state index contributed by atoms with van der Waals surface area (Å²) in [4.78, 5) is 71.6. The maximum atomic E-state index is 13.2. The van der Waals surface area contributed by atoms with Gasteiger partial charge in [-0.1, -0.05) is 70.5 Å². The number of nitrogens with zero attached hydrogens (tertiary/aromatic N) is 2. The minimum Gasteiger partial charge on any atom is -0.502 e. The molecule has 0 aliphatic carbocycles. The van der Waals surface area contributed by atoms with Crippen molar-refractivity contribution < 1.29 is 39.1 Å². The molecule has 14 nitrogen and oxygen atoms in total. The van der Waals surface area contributed by atoms with E-state index in [2.05, 4.69) is 26.6 Å².